The number of carbonyl (C=O) groups excluding carboxylic acids is 1. The molecule has 0 spiro atoms. The average Bonchev–Trinajstić information content (AvgIpc) is 3.00. The number of benzene rings is 2. The van der Waals surface area contributed by atoms with Crippen molar-refractivity contribution in [3.63, 3.8) is 0 Å². The summed E-state index contributed by atoms with van der Waals surface area (Å²) in [6.45, 7) is -0.103. The smallest absolute Gasteiger partial charge is 0.335 e. The fraction of sp³-hybridized carbons (Fsp3) is 0.111. The third kappa shape index (κ3) is 5.02. The number of hydrogen-bond acceptors (Lipinski definition) is 6. The number of nitrogens with zero attached hydrogens (tertiary/aromatic N) is 2. The Kier molecular flexibility index (Phi) is 5.62. The van der Waals surface area contributed by atoms with E-state index < -0.39 is 11.9 Å². The van der Waals surface area contributed by atoms with Gasteiger partial charge in [0.2, 0.25) is 5.91 Å². The van der Waals surface area contributed by atoms with Gasteiger partial charge in [0.25, 0.3) is 10.7 Å². The highest BCUT2D eigenvalue weighted by Gasteiger charge is 2.11. The summed E-state index contributed by atoms with van der Waals surface area (Å²) in [6.07, 6.45) is 0. The maximum Gasteiger partial charge on any atom is 0.335 e. The molecule has 138 valence electrons. The highest BCUT2D eigenvalue weighted by molar-refractivity contribution is 7.71. The topological polar surface area (TPSA) is 107 Å². The molecule has 0 aliphatic heterocycles. The minimum absolute atomic E-state index is 0.0381. The Hall–Kier alpha value is -3.46. The minimum Gasteiger partial charge on any atom is -0.484 e. The number of carboxylic acids is 1. The first-order chi connectivity index (χ1) is 13.0. The van der Waals surface area contributed by atoms with Crippen molar-refractivity contribution in [1.82, 2.24) is 9.78 Å². The number of aromatic carboxylic acids is 1. The van der Waals surface area contributed by atoms with Crippen LogP contribution in [0.3, 0.4) is 0 Å². The van der Waals surface area contributed by atoms with Crippen LogP contribution in [0, 0.1) is 4.84 Å². The lowest BCUT2D eigenvalue weighted by atomic mass is 10.2. The van der Waals surface area contributed by atoms with Crippen molar-refractivity contribution in [2.75, 3.05) is 5.32 Å². The molecule has 27 heavy (non-hydrogen) atoms. The number of hydrogen-bond donors (Lipinski definition) is 2. The molecule has 0 aliphatic carbocycles. The molecule has 1 heterocycles. The summed E-state index contributed by atoms with van der Waals surface area (Å²) < 4.78 is 12.1. The van der Waals surface area contributed by atoms with Gasteiger partial charge in [-0.25, -0.2) is 9.48 Å². The maximum absolute atomic E-state index is 12.2. The Morgan fingerprint density at radius 3 is 2.70 bits per heavy atom. The van der Waals surface area contributed by atoms with E-state index in [-0.39, 0.29) is 29.4 Å². The summed E-state index contributed by atoms with van der Waals surface area (Å²) in [4.78, 5) is 23.2. The van der Waals surface area contributed by atoms with Crippen LogP contribution in [0.15, 0.2) is 59.0 Å². The van der Waals surface area contributed by atoms with Crippen LogP contribution < -0.4 is 10.1 Å². The summed E-state index contributed by atoms with van der Waals surface area (Å²) in [7, 11) is 0. The molecule has 0 fully saturated rings. The number of rotatable bonds is 7. The molecule has 3 rings (SSSR count). The standard InChI is InChI=1S/C18H15N3O5S/c22-15(19-13-6-4-5-12(9-13)17(23)24)10-21-18(27)26-16(20-21)11-25-14-7-2-1-3-8-14/h1-9H,10-11H2,(H,19,22)(H,23,24). The second-order valence-corrected chi connectivity index (χ2v) is 5.80. The van der Waals surface area contributed by atoms with Gasteiger partial charge in [-0.05, 0) is 42.5 Å². The van der Waals surface area contributed by atoms with Gasteiger partial charge >= 0.3 is 5.97 Å². The van der Waals surface area contributed by atoms with Crippen molar-refractivity contribution in [3.05, 3.63) is 70.9 Å². The molecule has 0 aliphatic rings. The highest BCUT2D eigenvalue weighted by Crippen LogP contribution is 2.12. The predicted octanol–water partition coefficient (Wildman–Crippen LogP) is 3.12. The van der Waals surface area contributed by atoms with Gasteiger partial charge in [0.15, 0.2) is 6.61 Å². The molecule has 8 nitrogen and oxygen atoms in total. The lowest BCUT2D eigenvalue weighted by Crippen LogP contribution is -2.20. The van der Waals surface area contributed by atoms with Gasteiger partial charge in [-0.15, -0.1) is 5.10 Å². The normalized spacial score (nSPS) is 10.4. The number of para-hydroxylation sites is 1. The van der Waals surface area contributed by atoms with Crippen LogP contribution in [0.1, 0.15) is 16.2 Å². The van der Waals surface area contributed by atoms with E-state index in [0.29, 0.717) is 11.4 Å². The van der Waals surface area contributed by atoms with Crippen LogP contribution in [-0.2, 0) is 17.9 Å². The first kappa shape index (κ1) is 18.3. The van der Waals surface area contributed by atoms with E-state index in [9.17, 15) is 9.59 Å². The van der Waals surface area contributed by atoms with Crippen LogP contribution in [-0.4, -0.2) is 26.8 Å². The van der Waals surface area contributed by atoms with E-state index in [4.69, 9.17) is 26.5 Å². The van der Waals surface area contributed by atoms with E-state index in [1.54, 1.807) is 24.3 Å². The van der Waals surface area contributed by atoms with Crippen LogP contribution in [0.2, 0.25) is 0 Å². The molecular formula is C18H15N3O5S. The van der Waals surface area contributed by atoms with Gasteiger partial charge in [0, 0.05) is 5.69 Å². The SMILES string of the molecule is O=C(Cn1nc(COc2ccccc2)oc1=S)Nc1cccc(C(=O)O)c1. The van der Waals surface area contributed by atoms with Crippen molar-refractivity contribution >= 4 is 29.8 Å². The van der Waals surface area contributed by atoms with Gasteiger partial charge < -0.3 is 19.6 Å². The van der Waals surface area contributed by atoms with Gasteiger partial charge in [-0.3, -0.25) is 4.79 Å². The number of carboxylic acid groups (broad SMARTS) is 1. The van der Waals surface area contributed by atoms with Crippen molar-refractivity contribution in [2.24, 2.45) is 0 Å². The van der Waals surface area contributed by atoms with Gasteiger partial charge in [0.1, 0.15) is 12.3 Å². The van der Waals surface area contributed by atoms with E-state index in [1.165, 1.54) is 16.8 Å². The first-order valence-electron chi connectivity index (χ1n) is 7.89. The van der Waals surface area contributed by atoms with Crippen LogP contribution in [0.5, 0.6) is 5.75 Å². The van der Waals surface area contributed by atoms with Gasteiger partial charge in [0.05, 0.1) is 5.56 Å². The Morgan fingerprint density at radius 1 is 1.19 bits per heavy atom. The average molecular weight is 385 g/mol. The van der Waals surface area contributed by atoms with Crippen molar-refractivity contribution in [1.29, 1.82) is 0 Å². The number of carbonyl (C=O) groups is 2. The Bertz CT molecular complexity index is 1010. The fourth-order valence-electron chi connectivity index (χ4n) is 2.24. The Morgan fingerprint density at radius 2 is 1.96 bits per heavy atom. The summed E-state index contributed by atoms with van der Waals surface area (Å²) in [5.41, 5.74) is 0.439. The predicted molar refractivity (Wildman–Crippen MR) is 98.1 cm³/mol. The number of anilines is 1. The lowest BCUT2D eigenvalue weighted by Gasteiger charge is -2.05. The van der Waals surface area contributed by atoms with Crippen LogP contribution in [0.4, 0.5) is 5.69 Å². The minimum atomic E-state index is -1.08. The summed E-state index contributed by atoms with van der Waals surface area (Å²) in [6, 6.07) is 15.1. The van der Waals surface area contributed by atoms with Gasteiger partial charge in [-0.1, -0.05) is 24.3 Å². The van der Waals surface area contributed by atoms with Crippen LogP contribution >= 0.6 is 12.2 Å². The quantitative estimate of drug-likeness (QED) is 0.602. The van der Waals surface area contributed by atoms with E-state index in [0.717, 1.165) is 0 Å². The molecule has 0 unspecified atom stereocenters. The Balaban J connectivity index is 1.61. The number of nitrogens with one attached hydrogen (secondary N) is 1. The highest BCUT2D eigenvalue weighted by atomic mass is 32.1. The molecule has 2 N–H and O–H groups in total. The molecule has 0 atom stereocenters. The molecule has 0 saturated carbocycles. The molecule has 9 heteroatoms. The second kappa shape index (κ2) is 8.28. The molecule has 3 aromatic rings. The zero-order chi connectivity index (χ0) is 19.2. The monoisotopic (exact) mass is 385 g/mol. The largest absolute Gasteiger partial charge is 0.484 e. The van der Waals surface area contributed by atoms with Crippen molar-refractivity contribution in [2.45, 2.75) is 13.2 Å². The molecular weight excluding hydrogens is 370 g/mol. The van der Waals surface area contributed by atoms with Crippen molar-refractivity contribution < 1.29 is 23.8 Å². The van der Waals surface area contributed by atoms with E-state index in [1.807, 2.05) is 18.2 Å². The number of ether oxygens (including phenoxy) is 1. The third-order valence-electron chi connectivity index (χ3n) is 3.44. The summed E-state index contributed by atoms with van der Waals surface area (Å²) in [5, 5.41) is 15.7. The maximum atomic E-state index is 12.2. The number of aromatic nitrogens is 2. The number of amides is 1. The molecule has 0 radical (unpaired) electrons. The zero-order valence-electron chi connectivity index (χ0n) is 14.0. The fourth-order valence-corrected chi connectivity index (χ4v) is 2.44. The molecule has 0 saturated heterocycles. The van der Waals surface area contributed by atoms with E-state index >= 15 is 0 Å². The Labute approximate surface area is 159 Å². The third-order valence-corrected chi connectivity index (χ3v) is 3.73. The summed E-state index contributed by atoms with van der Waals surface area (Å²) >= 11 is 5.06. The molecule has 0 bridgehead atoms. The molecule has 1 amide bonds. The zero-order valence-corrected chi connectivity index (χ0v) is 14.8. The second-order valence-electron chi connectivity index (χ2n) is 5.46. The van der Waals surface area contributed by atoms with Gasteiger partial charge in [-0.2, -0.15) is 0 Å². The van der Waals surface area contributed by atoms with E-state index in [2.05, 4.69) is 10.4 Å². The lowest BCUT2D eigenvalue weighted by molar-refractivity contribution is -0.117. The van der Waals surface area contributed by atoms with Crippen molar-refractivity contribution in [3.8, 4) is 5.75 Å². The first-order valence-corrected chi connectivity index (χ1v) is 8.30. The van der Waals surface area contributed by atoms with Crippen LogP contribution in [0.25, 0.3) is 0 Å². The molecule has 2 aromatic carbocycles. The molecule has 1 aromatic heterocycles. The summed E-state index contributed by atoms with van der Waals surface area (Å²) in [5.74, 6) is -0.598.